The summed E-state index contributed by atoms with van der Waals surface area (Å²) in [6.45, 7) is 0. The fraction of sp³-hybridized carbons (Fsp3) is 0. The topological polar surface area (TPSA) is 70.1 Å². The van der Waals surface area contributed by atoms with Crippen LogP contribution in [0.3, 0.4) is 0 Å². The molecule has 0 saturated heterocycles. The molecule has 6 heteroatoms. The van der Waals surface area contributed by atoms with Crippen molar-refractivity contribution in [3.05, 3.63) is 38.8 Å². The van der Waals surface area contributed by atoms with Gasteiger partial charge in [-0.15, -0.1) is 0 Å². The lowest BCUT2D eigenvalue weighted by Gasteiger charge is -1.95. The fourth-order valence-corrected chi connectivity index (χ4v) is 0.672. The van der Waals surface area contributed by atoms with Gasteiger partial charge in [0, 0.05) is 12.1 Å². The Balaban J connectivity index is 3.15. The van der Waals surface area contributed by atoms with Gasteiger partial charge in [0.2, 0.25) is 0 Å². The molecule has 5 nitrogen and oxygen atoms in total. The lowest BCUT2D eigenvalue weighted by Crippen LogP contribution is -2.26. The quantitative estimate of drug-likeness (QED) is 0.209. The minimum absolute atomic E-state index is 0.0874. The molecule has 0 aromatic carbocycles. The van der Waals surface area contributed by atoms with Gasteiger partial charge in [-0.1, -0.05) is 0 Å². The average Bonchev–Trinajstić information content (AvgIpc) is 1.94. The first-order chi connectivity index (χ1) is 5.11. The van der Waals surface area contributed by atoms with Crippen LogP contribution in [-0.4, -0.2) is 4.92 Å². The van der Waals surface area contributed by atoms with Crippen molar-refractivity contribution < 1.29 is 9.65 Å². The predicted octanol–water partition coefficient (Wildman–Crippen LogP) is 0.882. The second-order valence-electron chi connectivity index (χ2n) is 1.79. The van der Waals surface area contributed by atoms with Crippen molar-refractivity contribution in [1.29, 1.82) is 0 Å². The number of nitro groups is 1. The molecule has 58 valence electrons. The number of rotatable bonds is 1. The van der Waals surface area contributed by atoms with Gasteiger partial charge < -0.3 is 5.21 Å². The molecule has 0 fully saturated rings. The molecule has 1 aromatic heterocycles. The molecule has 0 bridgehead atoms. The molecule has 1 heterocycles. The molecule has 0 aliphatic carbocycles. The van der Waals surface area contributed by atoms with Crippen LogP contribution in [0.5, 0.6) is 0 Å². The van der Waals surface area contributed by atoms with Gasteiger partial charge in [0.25, 0.3) is 11.3 Å². The molecule has 0 amide bonds. The summed E-state index contributed by atoms with van der Waals surface area (Å²) >= 11 is 5.31. The molecule has 0 N–H and O–H groups in total. The first kappa shape index (κ1) is 7.74. The van der Waals surface area contributed by atoms with Crippen molar-refractivity contribution in [2.75, 3.05) is 0 Å². The Bertz CT molecular complexity index is 302. The largest absolute Gasteiger partial charge is 0.617 e. The van der Waals surface area contributed by atoms with Gasteiger partial charge in [0.15, 0.2) is 0 Å². The van der Waals surface area contributed by atoms with Gasteiger partial charge >= 0.3 is 5.69 Å². The predicted molar refractivity (Wildman–Crippen MR) is 37.1 cm³/mol. The summed E-state index contributed by atoms with van der Waals surface area (Å²) in [6, 6.07) is 2.34. The van der Waals surface area contributed by atoms with Gasteiger partial charge in [0.05, 0.1) is 4.92 Å². The molecule has 0 radical (unpaired) electrons. The summed E-state index contributed by atoms with van der Waals surface area (Å²) in [5.41, 5.74) is -0.274. The maximum atomic E-state index is 10.6. The van der Waals surface area contributed by atoms with Crippen LogP contribution in [0, 0.1) is 15.3 Å². The third-order valence-electron chi connectivity index (χ3n) is 1.06. The summed E-state index contributed by atoms with van der Waals surface area (Å²) < 4.78 is 0.236. The van der Waals surface area contributed by atoms with Crippen LogP contribution in [0.1, 0.15) is 0 Å². The second kappa shape index (κ2) is 2.71. The van der Waals surface area contributed by atoms with Crippen molar-refractivity contribution in [2.24, 2.45) is 0 Å². The molecule has 0 unspecified atom stereocenters. The zero-order valence-electron chi connectivity index (χ0n) is 5.23. The standard InChI is InChI=1S/C5H3ClN2O3/c6-5-2-1-4(8(10)11)3-7(5)9/h1-3H. The van der Waals surface area contributed by atoms with Crippen molar-refractivity contribution >= 4 is 17.3 Å². The molecule has 0 saturated carbocycles. The van der Waals surface area contributed by atoms with Crippen LogP contribution in [0.15, 0.2) is 18.3 Å². The number of pyridine rings is 1. The molecular weight excluding hydrogens is 172 g/mol. The number of hydrogen-bond donors (Lipinski definition) is 0. The van der Waals surface area contributed by atoms with Crippen LogP contribution < -0.4 is 4.73 Å². The number of nitrogens with zero attached hydrogens (tertiary/aromatic N) is 2. The minimum atomic E-state index is -0.662. The van der Waals surface area contributed by atoms with Gasteiger partial charge in [-0.25, -0.2) is 0 Å². The molecule has 0 atom stereocenters. The van der Waals surface area contributed by atoms with E-state index in [1.807, 2.05) is 0 Å². The maximum Gasteiger partial charge on any atom is 0.333 e. The highest BCUT2D eigenvalue weighted by atomic mass is 35.5. The summed E-state index contributed by atoms with van der Waals surface area (Å²) in [5.74, 6) is 0. The van der Waals surface area contributed by atoms with Crippen molar-refractivity contribution in [3.8, 4) is 0 Å². The van der Waals surface area contributed by atoms with Gasteiger partial charge in [-0.3, -0.25) is 10.1 Å². The normalized spacial score (nSPS) is 9.55. The zero-order valence-corrected chi connectivity index (χ0v) is 5.99. The first-order valence-electron chi connectivity index (χ1n) is 2.64. The van der Waals surface area contributed by atoms with Crippen molar-refractivity contribution in [2.45, 2.75) is 0 Å². The lowest BCUT2D eigenvalue weighted by atomic mass is 10.4. The average molecular weight is 175 g/mol. The third kappa shape index (κ3) is 1.56. The summed E-state index contributed by atoms with van der Waals surface area (Å²) in [4.78, 5) is 9.41. The van der Waals surface area contributed by atoms with E-state index in [1.54, 1.807) is 0 Å². The summed E-state index contributed by atoms with van der Waals surface area (Å²) in [6.07, 6.45) is 0.808. The molecule has 0 spiro atoms. The van der Waals surface area contributed by atoms with E-state index in [1.165, 1.54) is 6.07 Å². The monoisotopic (exact) mass is 174 g/mol. The van der Waals surface area contributed by atoms with Crippen LogP contribution in [-0.2, 0) is 0 Å². The highest BCUT2D eigenvalue weighted by molar-refractivity contribution is 6.28. The fourth-order valence-electron chi connectivity index (χ4n) is 0.560. The highest BCUT2D eigenvalue weighted by Crippen LogP contribution is 2.09. The summed E-state index contributed by atoms with van der Waals surface area (Å²) in [7, 11) is 0. The second-order valence-corrected chi connectivity index (χ2v) is 2.18. The molecule has 1 rings (SSSR count). The molecule has 0 aliphatic heterocycles. The van der Waals surface area contributed by atoms with E-state index < -0.39 is 4.92 Å². The highest BCUT2D eigenvalue weighted by Gasteiger charge is 2.11. The van der Waals surface area contributed by atoms with Crippen LogP contribution in [0.25, 0.3) is 0 Å². The summed E-state index contributed by atoms with van der Waals surface area (Å²) in [5, 5.41) is 20.6. The van der Waals surface area contributed by atoms with E-state index in [-0.39, 0.29) is 15.6 Å². The van der Waals surface area contributed by atoms with E-state index in [0.717, 1.165) is 12.3 Å². The van der Waals surface area contributed by atoms with Gasteiger partial charge in [-0.2, -0.15) is 4.73 Å². The first-order valence-corrected chi connectivity index (χ1v) is 3.02. The maximum absolute atomic E-state index is 10.6. The van der Waals surface area contributed by atoms with E-state index in [4.69, 9.17) is 11.6 Å². The Hall–Kier alpha value is -1.36. The van der Waals surface area contributed by atoms with Gasteiger partial charge in [-0.05, 0) is 11.6 Å². The lowest BCUT2D eigenvalue weighted by molar-refractivity contribution is -0.607. The molecule has 11 heavy (non-hydrogen) atoms. The Kier molecular flexibility index (Phi) is 1.91. The van der Waals surface area contributed by atoms with Crippen LogP contribution in [0.2, 0.25) is 5.15 Å². The zero-order chi connectivity index (χ0) is 8.43. The smallest absolute Gasteiger partial charge is 0.333 e. The van der Waals surface area contributed by atoms with Crippen LogP contribution in [0.4, 0.5) is 5.69 Å². The van der Waals surface area contributed by atoms with Gasteiger partial charge in [0.1, 0.15) is 0 Å². The van der Waals surface area contributed by atoms with Crippen LogP contribution >= 0.6 is 11.6 Å². The minimum Gasteiger partial charge on any atom is -0.617 e. The molecular formula is C5H3ClN2O3. The Morgan fingerprint density at radius 3 is 2.64 bits per heavy atom. The number of halogens is 1. The Morgan fingerprint density at radius 2 is 2.18 bits per heavy atom. The van der Waals surface area contributed by atoms with E-state index >= 15 is 0 Å². The van der Waals surface area contributed by atoms with Crippen molar-refractivity contribution in [3.63, 3.8) is 0 Å². The molecule has 1 aromatic rings. The van der Waals surface area contributed by atoms with E-state index in [9.17, 15) is 15.3 Å². The van der Waals surface area contributed by atoms with Crippen molar-refractivity contribution in [1.82, 2.24) is 0 Å². The van der Waals surface area contributed by atoms with E-state index in [0.29, 0.717) is 0 Å². The Labute approximate surface area is 66.6 Å². The third-order valence-corrected chi connectivity index (χ3v) is 1.36. The number of aromatic nitrogens is 1. The Morgan fingerprint density at radius 1 is 1.55 bits per heavy atom. The molecule has 0 aliphatic rings. The van der Waals surface area contributed by atoms with E-state index in [2.05, 4.69) is 0 Å². The number of hydrogen-bond acceptors (Lipinski definition) is 3. The SMILES string of the molecule is O=[N+]([O-])c1ccc(Cl)[n+]([O-])c1.